The third-order valence-electron chi connectivity index (χ3n) is 6.56. The summed E-state index contributed by atoms with van der Waals surface area (Å²) in [6.45, 7) is 6.87. The molecular formula is C28H29F2NO5S. The third kappa shape index (κ3) is 5.32. The van der Waals surface area contributed by atoms with Crippen molar-refractivity contribution in [2.75, 3.05) is 10.8 Å². The van der Waals surface area contributed by atoms with E-state index in [0.29, 0.717) is 0 Å². The van der Waals surface area contributed by atoms with E-state index in [0.717, 1.165) is 23.8 Å². The molecular weight excluding hydrogens is 500 g/mol. The smallest absolute Gasteiger partial charge is 0.309 e. The van der Waals surface area contributed by atoms with Gasteiger partial charge in [-0.1, -0.05) is 32.0 Å². The SMILES string of the molecule is CC(C)c1cccc(S(=O)(=O)N2C[C@H](CC(C)(C)C(=O)O)Oc3ccc(-c4cc(F)ccc4F)cc32)c1. The second-order valence-electron chi connectivity index (χ2n) is 10.2. The fourth-order valence-electron chi connectivity index (χ4n) is 4.35. The summed E-state index contributed by atoms with van der Waals surface area (Å²) >= 11 is 0. The van der Waals surface area contributed by atoms with Crippen LogP contribution in [0.1, 0.15) is 45.6 Å². The van der Waals surface area contributed by atoms with E-state index in [2.05, 4.69) is 0 Å². The minimum Gasteiger partial charge on any atom is -0.486 e. The van der Waals surface area contributed by atoms with Crippen LogP contribution in [-0.4, -0.2) is 32.1 Å². The van der Waals surface area contributed by atoms with E-state index in [4.69, 9.17) is 4.74 Å². The minimum absolute atomic E-state index is 0.0175. The summed E-state index contributed by atoms with van der Waals surface area (Å²) in [7, 11) is -4.12. The zero-order valence-electron chi connectivity index (χ0n) is 21.0. The first-order chi connectivity index (χ1) is 17.3. The van der Waals surface area contributed by atoms with E-state index in [1.165, 1.54) is 28.6 Å². The molecule has 0 fully saturated rings. The molecule has 1 heterocycles. The summed E-state index contributed by atoms with van der Waals surface area (Å²) in [5, 5.41) is 9.61. The average molecular weight is 530 g/mol. The molecule has 0 saturated carbocycles. The molecule has 4 rings (SSSR count). The molecule has 0 saturated heterocycles. The Hall–Kier alpha value is -3.46. The molecule has 0 amide bonds. The van der Waals surface area contributed by atoms with Gasteiger partial charge >= 0.3 is 5.97 Å². The van der Waals surface area contributed by atoms with E-state index < -0.39 is 39.1 Å². The van der Waals surface area contributed by atoms with Gasteiger partial charge in [-0.2, -0.15) is 0 Å². The molecule has 1 N–H and O–H groups in total. The van der Waals surface area contributed by atoms with Gasteiger partial charge in [-0.25, -0.2) is 17.2 Å². The van der Waals surface area contributed by atoms with Gasteiger partial charge in [-0.15, -0.1) is 0 Å². The molecule has 37 heavy (non-hydrogen) atoms. The lowest BCUT2D eigenvalue weighted by Crippen LogP contribution is -2.46. The Bertz CT molecular complexity index is 1450. The maximum Gasteiger partial charge on any atom is 0.309 e. The van der Waals surface area contributed by atoms with E-state index in [9.17, 15) is 27.1 Å². The number of hydrogen-bond donors (Lipinski definition) is 1. The van der Waals surface area contributed by atoms with Crippen molar-refractivity contribution >= 4 is 21.7 Å². The maximum absolute atomic E-state index is 14.5. The number of ether oxygens (including phenoxy) is 1. The van der Waals surface area contributed by atoms with Crippen LogP contribution >= 0.6 is 0 Å². The molecule has 0 unspecified atom stereocenters. The highest BCUT2D eigenvalue weighted by atomic mass is 32.2. The lowest BCUT2D eigenvalue weighted by molar-refractivity contribution is -0.148. The molecule has 3 aromatic rings. The maximum atomic E-state index is 14.5. The van der Waals surface area contributed by atoms with Gasteiger partial charge in [0.25, 0.3) is 10.0 Å². The Balaban J connectivity index is 1.85. The molecule has 1 atom stereocenters. The van der Waals surface area contributed by atoms with Crippen LogP contribution in [-0.2, 0) is 14.8 Å². The summed E-state index contributed by atoms with van der Waals surface area (Å²) in [6, 6.07) is 14.2. The zero-order valence-corrected chi connectivity index (χ0v) is 21.9. The lowest BCUT2D eigenvalue weighted by atomic mass is 9.86. The van der Waals surface area contributed by atoms with Crippen LogP contribution in [0.3, 0.4) is 0 Å². The van der Waals surface area contributed by atoms with Gasteiger partial charge < -0.3 is 9.84 Å². The van der Waals surface area contributed by atoms with Crippen molar-refractivity contribution in [2.24, 2.45) is 5.41 Å². The lowest BCUT2D eigenvalue weighted by Gasteiger charge is -2.38. The molecule has 1 aliphatic heterocycles. The van der Waals surface area contributed by atoms with Crippen LogP contribution in [0, 0.1) is 17.0 Å². The van der Waals surface area contributed by atoms with Crippen molar-refractivity contribution in [3.8, 4) is 16.9 Å². The Morgan fingerprint density at radius 1 is 1.11 bits per heavy atom. The molecule has 0 bridgehead atoms. The molecule has 0 radical (unpaired) electrons. The molecule has 3 aromatic carbocycles. The summed E-state index contributed by atoms with van der Waals surface area (Å²) in [4.78, 5) is 11.8. The highest BCUT2D eigenvalue weighted by molar-refractivity contribution is 7.92. The van der Waals surface area contributed by atoms with Crippen LogP contribution in [0.25, 0.3) is 11.1 Å². The summed E-state index contributed by atoms with van der Waals surface area (Å²) in [6.07, 6.45) is -0.696. The number of aliphatic carboxylic acids is 1. The second-order valence-corrected chi connectivity index (χ2v) is 12.1. The van der Waals surface area contributed by atoms with Gasteiger partial charge in [0.05, 0.1) is 22.5 Å². The van der Waals surface area contributed by atoms with Crippen molar-refractivity contribution in [1.82, 2.24) is 0 Å². The summed E-state index contributed by atoms with van der Waals surface area (Å²) in [5.41, 5.74) is 0.102. The highest BCUT2D eigenvalue weighted by Gasteiger charge is 2.39. The number of carbonyl (C=O) groups is 1. The number of anilines is 1. The number of fused-ring (bicyclic) bond motifs is 1. The Morgan fingerprint density at radius 3 is 2.51 bits per heavy atom. The molecule has 6 nitrogen and oxygen atoms in total. The number of carboxylic acids is 1. The first-order valence-corrected chi connectivity index (χ1v) is 13.4. The van der Waals surface area contributed by atoms with Gasteiger partial charge in [0, 0.05) is 12.0 Å². The number of nitrogens with zero attached hydrogens (tertiary/aromatic N) is 1. The number of carboxylic acid groups (broad SMARTS) is 1. The van der Waals surface area contributed by atoms with Crippen molar-refractivity contribution < 1.29 is 31.8 Å². The fourth-order valence-corrected chi connectivity index (χ4v) is 5.90. The van der Waals surface area contributed by atoms with Gasteiger partial charge in [0.1, 0.15) is 23.5 Å². The fraction of sp³-hybridized carbons (Fsp3) is 0.321. The van der Waals surface area contributed by atoms with Gasteiger partial charge in [0.2, 0.25) is 0 Å². The van der Waals surface area contributed by atoms with E-state index in [1.807, 2.05) is 19.9 Å². The predicted molar refractivity (Wildman–Crippen MR) is 137 cm³/mol. The standard InChI is InChI=1S/C28H29F2NO5S/c1-17(2)18-6-5-7-22(12-18)37(34,35)31-16-21(15-28(3,4)27(32)33)36-26-11-8-19(13-25(26)31)23-14-20(29)9-10-24(23)30/h5-14,17,21H,15-16H2,1-4H3,(H,32,33)/t21-/m0/s1. The third-order valence-corrected chi connectivity index (χ3v) is 8.34. The first-order valence-electron chi connectivity index (χ1n) is 11.9. The Morgan fingerprint density at radius 2 is 1.84 bits per heavy atom. The average Bonchev–Trinajstić information content (AvgIpc) is 2.84. The molecule has 9 heteroatoms. The van der Waals surface area contributed by atoms with Gasteiger partial charge in [0.15, 0.2) is 0 Å². The topological polar surface area (TPSA) is 83.9 Å². The van der Waals surface area contributed by atoms with Crippen LogP contribution in [0.5, 0.6) is 5.75 Å². The number of benzene rings is 3. The van der Waals surface area contributed by atoms with Crippen molar-refractivity contribution in [1.29, 1.82) is 0 Å². The van der Waals surface area contributed by atoms with Gasteiger partial charge in [-0.05, 0) is 73.4 Å². The molecule has 196 valence electrons. The van der Waals surface area contributed by atoms with Crippen molar-refractivity contribution in [3.63, 3.8) is 0 Å². The monoisotopic (exact) mass is 529 g/mol. The molecule has 0 aromatic heterocycles. The summed E-state index contributed by atoms with van der Waals surface area (Å²) in [5.74, 6) is -2.01. The molecule has 1 aliphatic rings. The van der Waals surface area contributed by atoms with E-state index in [1.54, 1.807) is 26.0 Å². The predicted octanol–water partition coefficient (Wildman–Crippen LogP) is 6.21. The number of sulfonamides is 1. The minimum atomic E-state index is -4.12. The quantitative estimate of drug-likeness (QED) is 0.393. The van der Waals surface area contributed by atoms with Gasteiger partial charge in [-0.3, -0.25) is 9.10 Å². The Kier molecular flexibility index (Phi) is 7.03. The Labute approximate surface area is 215 Å². The van der Waals surface area contributed by atoms with E-state index >= 15 is 0 Å². The number of rotatable bonds is 7. The van der Waals surface area contributed by atoms with Crippen LogP contribution < -0.4 is 9.04 Å². The number of hydrogen-bond acceptors (Lipinski definition) is 4. The molecule has 0 aliphatic carbocycles. The number of halogens is 2. The zero-order chi connectivity index (χ0) is 27.1. The second kappa shape index (κ2) is 9.78. The normalized spacial score (nSPS) is 15.9. The molecule has 0 spiro atoms. The summed E-state index contributed by atoms with van der Waals surface area (Å²) < 4.78 is 63.6. The van der Waals surface area contributed by atoms with Crippen LogP contribution in [0.15, 0.2) is 65.6 Å². The van der Waals surface area contributed by atoms with Crippen LogP contribution in [0.2, 0.25) is 0 Å². The van der Waals surface area contributed by atoms with E-state index in [-0.39, 0.29) is 46.3 Å². The highest BCUT2D eigenvalue weighted by Crippen LogP contribution is 2.42. The first kappa shape index (κ1) is 26.6. The van der Waals surface area contributed by atoms with Crippen LogP contribution in [0.4, 0.5) is 14.5 Å². The largest absolute Gasteiger partial charge is 0.486 e. The van der Waals surface area contributed by atoms with Crippen molar-refractivity contribution in [3.05, 3.63) is 77.9 Å². The van der Waals surface area contributed by atoms with Crippen molar-refractivity contribution in [2.45, 2.75) is 51.0 Å².